The fourth-order valence-corrected chi connectivity index (χ4v) is 5.45. The Hall–Kier alpha value is -2.19. The monoisotopic (exact) mass is 457 g/mol. The third-order valence-corrected chi connectivity index (χ3v) is 8.14. The summed E-state index contributed by atoms with van der Waals surface area (Å²) >= 11 is 5.85. The molecule has 0 bridgehead atoms. The second-order valence-electron chi connectivity index (χ2n) is 7.37. The molecule has 0 spiro atoms. The van der Waals surface area contributed by atoms with E-state index in [0.29, 0.717) is 18.1 Å². The molecular weight excluding hydrogens is 436 g/mol. The Morgan fingerprint density at radius 3 is 2.40 bits per heavy atom. The van der Waals surface area contributed by atoms with E-state index in [4.69, 9.17) is 16.3 Å². The highest BCUT2D eigenvalue weighted by Crippen LogP contribution is 2.40. The second-order valence-corrected chi connectivity index (χ2v) is 10.2. The van der Waals surface area contributed by atoms with Crippen molar-refractivity contribution < 1.29 is 26.7 Å². The van der Waals surface area contributed by atoms with E-state index >= 15 is 0 Å². The molecule has 3 rings (SSSR count). The van der Waals surface area contributed by atoms with E-state index in [0.717, 1.165) is 31.0 Å². The molecule has 1 aliphatic rings. The van der Waals surface area contributed by atoms with Gasteiger partial charge in [-0.2, -0.15) is 0 Å². The first kappa shape index (κ1) is 22.5. The van der Waals surface area contributed by atoms with Gasteiger partial charge >= 0.3 is 6.09 Å². The van der Waals surface area contributed by atoms with Gasteiger partial charge in [0.05, 0.1) is 11.5 Å². The molecule has 9 heteroatoms. The van der Waals surface area contributed by atoms with Gasteiger partial charge in [0, 0.05) is 30.1 Å². The molecule has 1 heterocycles. The standard InChI is InChI=1S/C21H22ClF2NO4S/c1-21(18-14-16(23)6-9-19(18)24,10-13-29-20(26)25-11-2-3-12-25)30(27,28)17-7-4-15(22)5-8-17/h4-9,14H,2-3,10-13H2,1H3. The maximum atomic E-state index is 14.6. The number of carbonyl (C=O) groups is 1. The number of sulfone groups is 1. The van der Waals surface area contributed by atoms with Crippen LogP contribution in [0.15, 0.2) is 47.4 Å². The summed E-state index contributed by atoms with van der Waals surface area (Å²) in [4.78, 5) is 13.6. The predicted molar refractivity (Wildman–Crippen MR) is 109 cm³/mol. The first-order valence-electron chi connectivity index (χ1n) is 9.52. The highest BCUT2D eigenvalue weighted by molar-refractivity contribution is 7.92. The van der Waals surface area contributed by atoms with E-state index in [1.165, 1.54) is 36.1 Å². The van der Waals surface area contributed by atoms with Crippen LogP contribution in [0.5, 0.6) is 0 Å². The Balaban J connectivity index is 1.95. The number of rotatable bonds is 6. The number of benzene rings is 2. The minimum atomic E-state index is -4.20. The van der Waals surface area contributed by atoms with Gasteiger partial charge in [0.1, 0.15) is 16.4 Å². The van der Waals surface area contributed by atoms with Gasteiger partial charge in [0.2, 0.25) is 0 Å². The van der Waals surface area contributed by atoms with Gasteiger partial charge in [-0.25, -0.2) is 22.0 Å². The minimum absolute atomic E-state index is 0.0936. The average molecular weight is 458 g/mol. The van der Waals surface area contributed by atoms with Crippen LogP contribution in [-0.4, -0.2) is 39.1 Å². The van der Waals surface area contributed by atoms with Crippen LogP contribution in [0.1, 0.15) is 31.7 Å². The fraction of sp³-hybridized carbons (Fsp3) is 0.381. The Kier molecular flexibility index (Phi) is 6.67. The van der Waals surface area contributed by atoms with Crippen LogP contribution in [0.25, 0.3) is 0 Å². The SMILES string of the molecule is CC(CCOC(=O)N1CCCC1)(c1cc(F)ccc1F)S(=O)(=O)c1ccc(Cl)cc1. The molecule has 1 atom stereocenters. The molecule has 0 aromatic heterocycles. The van der Waals surface area contributed by atoms with Crippen LogP contribution in [-0.2, 0) is 19.3 Å². The van der Waals surface area contributed by atoms with Crippen LogP contribution in [0.3, 0.4) is 0 Å². The molecule has 1 saturated heterocycles. The van der Waals surface area contributed by atoms with Gasteiger partial charge in [-0.1, -0.05) is 11.6 Å². The molecule has 1 unspecified atom stereocenters. The van der Waals surface area contributed by atoms with Crippen LogP contribution < -0.4 is 0 Å². The molecule has 5 nitrogen and oxygen atoms in total. The van der Waals surface area contributed by atoms with Crippen molar-refractivity contribution in [3.63, 3.8) is 0 Å². The number of carbonyl (C=O) groups excluding carboxylic acids is 1. The van der Waals surface area contributed by atoms with E-state index in [-0.39, 0.29) is 23.5 Å². The Morgan fingerprint density at radius 1 is 1.13 bits per heavy atom. The van der Waals surface area contributed by atoms with Gasteiger partial charge < -0.3 is 9.64 Å². The maximum Gasteiger partial charge on any atom is 0.409 e. The summed E-state index contributed by atoms with van der Waals surface area (Å²) in [6.07, 6.45) is 0.967. The lowest BCUT2D eigenvalue weighted by atomic mass is 9.96. The first-order valence-corrected chi connectivity index (χ1v) is 11.4. The molecule has 2 aromatic carbocycles. The highest BCUT2D eigenvalue weighted by Gasteiger charge is 2.44. The Morgan fingerprint density at radius 2 is 1.77 bits per heavy atom. The summed E-state index contributed by atoms with van der Waals surface area (Å²) in [7, 11) is -4.20. The van der Waals surface area contributed by atoms with Gasteiger partial charge in [-0.05, 0) is 62.2 Å². The Bertz CT molecular complexity index is 1020. The lowest BCUT2D eigenvalue weighted by molar-refractivity contribution is 0.106. The van der Waals surface area contributed by atoms with E-state index < -0.39 is 32.3 Å². The molecule has 0 aliphatic carbocycles. The van der Waals surface area contributed by atoms with Gasteiger partial charge in [-0.15, -0.1) is 0 Å². The van der Waals surface area contributed by atoms with E-state index in [1.807, 2.05) is 0 Å². The van der Waals surface area contributed by atoms with E-state index in [9.17, 15) is 22.0 Å². The number of likely N-dealkylation sites (tertiary alicyclic amines) is 1. The third kappa shape index (κ3) is 4.44. The van der Waals surface area contributed by atoms with Crippen LogP contribution in [0.2, 0.25) is 5.02 Å². The van der Waals surface area contributed by atoms with Crippen molar-refractivity contribution in [1.82, 2.24) is 4.90 Å². The van der Waals surface area contributed by atoms with Crippen LogP contribution in [0, 0.1) is 11.6 Å². The molecule has 1 amide bonds. The summed E-state index contributed by atoms with van der Waals surface area (Å²) in [6, 6.07) is 8.10. The topological polar surface area (TPSA) is 63.7 Å². The van der Waals surface area contributed by atoms with Gasteiger partial charge in [0.25, 0.3) is 0 Å². The zero-order valence-electron chi connectivity index (χ0n) is 16.4. The lowest BCUT2D eigenvalue weighted by Crippen LogP contribution is -2.36. The number of hydrogen-bond acceptors (Lipinski definition) is 4. The normalized spacial score (nSPS) is 16.3. The first-order chi connectivity index (χ1) is 14.1. The molecule has 1 fully saturated rings. The molecule has 0 N–H and O–H groups in total. The minimum Gasteiger partial charge on any atom is -0.449 e. The van der Waals surface area contributed by atoms with Gasteiger partial charge in [0.15, 0.2) is 9.84 Å². The average Bonchev–Trinajstić information content (AvgIpc) is 3.25. The largest absolute Gasteiger partial charge is 0.449 e. The summed E-state index contributed by atoms with van der Waals surface area (Å²) < 4.78 is 58.9. The smallest absolute Gasteiger partial charge is 0.409 e. The van der Waals surface area contributed by atoms with Crippen LogP contribution in [0.4, 0.5) is 13.6 Å². The number of ether oxygens (including phenoxy) is 1. The number of halogens is 3. The molecule has 0 radical (unpaired) electrons. The number of nitrogens with zero attached hydrogens (tertiary/aromatic N) is 1. The molecule has 0 saturated carbocycles. The van der Waals surface area contributed by atoms with Crippen molar-refractivity contribution in [3.05, 3.63) is 64.7 Å². The zero-order chi connectivity index (χ0) is 21.9. The molecule has 30 heavy (non-hydrogen) atoms. The van der Waals surface area contributed by atoms with E-state index in [2.05, 4.69) is 0 Å². The molecule has 1 aliphatic heterocycles. The van der Waals surface area contributed by atoms with E-state index in [1.54, 1.807) is 0 Å². The van der Waals surface area contributed by atoms with Crippen molar-refractivity contribution in [3.8, 4) is 0 Å². The van der Waals surface area contributed by atoms with Crippen molar-refractivity contribution >= 4 is 27.5 Å². The quantitative estimate of drug-likeness (QED) is 0.617. The fourth-order valence-electron chi connectivity index (χ4n) is 3.51. The lowest BCUT2D eigenvalue weighted by Gasteiger charge is -2.30. The second kappa shape index (κ2) is 8.89. The number of hydrogen-bond donors (Lipinski definition) is 0. The van der Waals surface area contributed by atoms with Crippen molar-refractivity contribution in [2.45, 2.75) is 35.8 Å². The maximum absolute atomic E-state index is 14.6. The van der Waals surface area contributed by atoms with Crippen molar-refractivity contribution in [2.24, 2.45) is 0 Å². The van der Waals surface area contributed by atoms with Gasteiger partial charge in [-0.3, -0.25) is 0 Å². The van der Waals surface area contributed by atoms with Crippen LogP contribution >= 0.6 is 11.6 Å². The highest BCUT2D eigenvalue weighted by atomic mass is 35.5. The molecule has 2 aromatic rings. The zero-order valence-corrected chi connectivity index (χ0v) is 18.0. The third-order valence-electron chi connectivity index (χ3n) is 5.38. The summed E-state index contributed by atoms with van der Waals surface area (Å²) in [5.41, 5.74) is -0.324. The molecule has 162 valence electrons. The van der Waals surface area contributed by atoms with Crippen molar-refractivity contribution in [1.29, 1.82) is 0 Å². The summed E-state index contributed by atoms with van der Waals surface area (Å²) in [5, 5.41) is 0.340. The predicted octanol–water partition coefficient (Wildman–Crippen LogP) is 4.93. The van der Waals surface area contributed by atoms with Crippen molar-refractivity contribution in [2.75, 3.05) is 19.7 Å². The Labute approximate surface area is 179 Å². The molecular formula is C21H22ClF2NO4S. The summed E-state index contributed by atoms with van der Waals surface area (Å²) in [6.45, 7) is 2.20. The summed E-state index contributed by atoms with van der Waals surface area (Å²) in [5.74, 6) is -1.62. The number of amides is 1.